The Hall–Kier alpha value is -4.45. The maximum absolute atomic E-state index is 12.8. The molecule has 6 nitrogen and oxygen atoms in total. The fourth-order valence-electron chi connectivity index (χ4n) is 7.61. The Morgan fingerprint density at radius 3 is 0.903 bits per heavy atom. The maximum atomic E-state index is 12.8. The number of carbonyl (C=O) groups is 3. The van der Waals surface area contributed by atoms with Crippen LogP contribution in [0.4, 0.5) is 0 Å². The Morgan fingerprint density at radius 1 is 0.292 bits per heavy atom. The molecule has 0 fully saturated rings. The summed E-state index contributed by atoms with van der Waals surface area (Å²) in [5.41, 5.74) is 0. The van der Waals surface area contributed by atoms with E-state index in [1.54, 1.807) is 0 Å². The van der Waals surface area contributed by atoms with Gasteiger partial charge in [0.25, 0.3) is 0 Å². The highest BCUT2D eigenvalue weighted by molar-refractivity contribution is 5.71. The Balaban J connectivity index is 4.34. The monoisotopic (exact) mass is 995 g/mol. The van der Waals surface area contributed by atoms with Gasteiger partial charge in [-0.3, -0.25) is 14.4 Å². The Morgan fingerprint density at radius 2 is 0.569 bits per heavy atom. The van der Waals surface area contributed by atoms with E-state index in [9.17, 15) is 14.4 Å². The molecule has 0 amide bonds. The predicted octanol–water partition coefficient (Wildman–Crippen LogP) is 19.8. The summed E-state index contributed by atoms with van der Waals surface area (Å²) in [5.74, 6) is -1.01. The lowest BCUT2D eigenvalue weighted by molar-refractivity contribution is -0.166. The Labute approximate surface area is 443 Å². The van der Waals surface area contributed by atoms with Crippen molar-refractivity contribution in [3.8, 4) is 0 Å². The molecule has 0 rings (SSSR count). The third-order valence-corrected chi connectivity index (χ3v) is 11.9. The van der Waals surface area contributed by atoms with Crippen molar-refractivity contribution >= 4 is 17.9 Å². The van der Waals surface area contributed by atoms with Gasteiger partial charge < -0.3 is 14.2 Å². The summed E-state index contributed by atoms with van der Waals surface area (Å²) in [5, 5.41) is 0. The average Bonchev–Trinajstić information content (AvgIpc) is 3.38. The van der Waals surface area contributed by atoms with Gasteiger partial charge in [-0.25, -0.2) is 0 Å². The van der Waals surface area contributed by atoms with E-state index in [0.29, 0.717) is 19.3 Å². The molecule has 1 atom stereocenters. The van der Waals surface area contributed by atoms with Crippen LogP contribution in [0, 0.1) is 0 Å². The second kappa shape index (κ2) is 59.1. The molecule has 0 radical (unpaired) electrons. The largest absolute Gasteiger partial charge is 0.462 e. The molecule has 0 heterocycles. The van der Waals surface area contributed by atoms with Gasteiger partial charge in [0.1, 0.15) is 13.2 Å². The van der Waals surface area contributed by atoms with Crippen LogP contribution in [0.2, 0.25) is 0 Å². The molecule has 0 aromatic rings. The fraction of sp³-hybridized carbons (Fsp3) is 0.621. The molecule has 1 unspecified atom stereocenters. The summed E-state index contributed by atoms with van der Waals surface area (Å²) in [6.45, 7) is 6.33. The molecule has 406 valence electrons. The molecular formula is C66H106O6. The molecule has 0 spiro atoms. The normalized spacial score (nSPS) is 13.1. The number of hydrogen-bond acceptors (Lipinski definition) is 6. The summed E-state index contributed by atoms with van der Waals surface area (Å²) in [6.07, 6.45) is 83.2. The zero-order valence-corrected chi connectivity index (χ0v) is 46.4. The van der Waals surface area contributed by atoms with Crippen molar-refractivity contribution in [3.05, 3.63) is 134 Å². The minimum Gasteiger partial charge on any atom is -0.462 e. The van der Waals surface area contributed by atoms with Gasteiger partial charge >= 0.3 is 17.9 Å². The third kappa shape index (κ3) is 56.5. The number of ether oxygens (including phenoxy) is 3. The van der Waals surface area contributed by atoms with Crippen molar-refractivity contribution in [2.24, 2.45) is 0 Å². The zero-order valence-electron chi connectivity index (χ0n) is 46.4. The fourth-order valence-corrected chi connectivity index (χ4v) is 7.61. The number of allylic oxidation sites excluding steroid dienone is 22. The highest BCUT2D eigenvalue weighted by Gasteiger charge is 2.19. The van der Waals surface area contributed by atoms with Gasteiger partial charge in [-0.1, -0.05) is 257 Å². The van der Waals surface area contributed by atoms with Crippen molar-refractivity contribution in [2.75, 3.05) is 13.2 Å². The smallest absolute Gasteiger partial charge is 0.306 e. The van der Waals surface area contributed by atoms with Gasteiger partial charge in [0, 0.05) is 19.3 Å². The highest BCUT2D eigenvalue weighted by atomic mass is 16.6. The van der Waals surface area contributed by atoms with E-state index < -0.39 is 12.1 Å². The first-order valence-electron chi connectivity index (χ1n) is 29.2. The van der Waals surface area contributed by atoms with Crippen LogP contribution in [-0.4, -0.2) is 37.2 Å². The Bertz CT molecular complexity index is 1560. The summed E-state index contributed by atoms with van der Waals surface area (Å²) in [6, 6.07) is 0. The van der Waals surface area contributed by atoms with E-state index in [1.807, 2.05) is 12.2 Å². The molecule has 0 aliphatic rings. The van der Waals surface area contributed by atoms with Crippen LogP contribution in [0.15, 0.2) is 134 Å². The lowest BCUT2D eigenvalue weighted by atomic mass is 10.0. The van der Waals surface area contributed by atoms with Crippen molar-refractivity contribution in [3.63, 3.8) is 0 Å². The van der Waals surface area contributed by atoms with Gasteiger partial charge in [-0.05, 0) is 103 Å². The molecule has 6 heteroatoms. The van der Waals surface area contributed by atoms with Crippen LogP contribution in [0.3, 0.4) is 0 Å². The third-order valence-electron chi connectivity index (χ3n) is 11.9. The summed E-state index contributed by atoms with van der Waals surface area (Å²) in [7, 11) is 0. The van der Waals surface area contributed by atoms with Crippen LogP contribution in [-0.2, 0) is 28.6 Å². The molecule has 0 saturated carbocycles. The van der Waals surface area contributed by atoms with Crippen LogP contribution in [0.25, 0.3) is 0 Å². The molecular weight excluding hydrogens is 889 g/mol. The first-order chi connectivity index (χ1) is 35.5. The van der Waals surface area contributed by atoms with E-state index in [-0.39, 0.29) is 31.6 Å². The predicted molar refractivity (Wildman–Crippen MR) is 311 cm³/mol. The van der Waals surface area contributed by atoms with Crippen molar-refractivity contribution < 1.29 is 28.6 Å². The number of rotatable bonds is 51. The SMILES string of the molecule is CC/C=C\C/C=C\C/C=C\C/C=C\C/C=C\C/C=C\C/C=C\CCCCCCCCCC(=O)OCC(COC(=O)CCCCCCCCCCCCCC)OC(=O)CC/C=C\C/C=C\C/C=C\C/C=C\CC. The molecule has 0 aromatic heterocycles. The average molecular weight is 996 g/mol. The lowest BCUT2D eigenvalue weighted by Crippen LogP contribution is -2.30. The van der Waals surface area contributed by atoms with Crippen molar-refractivity contribution in [1.29, 1.82) is 0 Å². The molecule has 0 aliphatic carbocycles. The minimum atomic E-state index is -0.823. The summed E-state index contributed by atoms with van der Waals surface area (Å²) >= 11 is 0. The van der Waals surface area contributed by atoms with E-state index in [0.717, 1.165) is 116 Å². The number of esters is 3. The molecule has 0 saturated heterocycles. The first-order valence-corrected chi connectivity index (χ1v) is 29.2. The van der Waals surface area contributed by atoms with Crippen LogP contribution >= 0.6 is 0 Å². The lowest BCUT2D eigenvalue weighted by Gasteiger charge is -2.18. The van der Waals surface area contributed by atoms with Crippen molar-refractivity contribution in [1.82, 2.24) is 0 Å². The topological polar surface area (TPSA) is 78.9 Å². The van der Waals surface area contributed by atoms with Gasteiger partial charge in [0.05, 0.1) is 0 Å². The standard InChI is InChI=1S/C66H106O6/c1-4-7-10-13-16-19-22-25-26-27-28-29-30-31-32-33-34-35-36-37-38-39-40-42-44-47-50-53-56-59-65(68)71-62-63(61-70-64(67)58-55-52-49-46-43-24-21-18-15-12-9-6-3)72-66(69)60-57-54-51-48-45-41-23-20-17-14-11-8-5-2/h7-8,10-11,16-17,19-20,25-26,28-29,31-32,34-35,37-38,41,45,51,54,63H,4-6,9,12-15,18,21-24,27,30,33,36,39-40,42-44,46-50,52-53,55-62H2,1-3H3/b10-7-,11-8-,19-16-,20-17-,26-25-,29-28-,32-31-,35-34-,38-37-,45-41-,54-51-. The van der Waals surface area contributed by atoms with E-state index in [2.05, 4.69) is 142 Å². The van der Waals surface area contributed by atoms with E-state index in [1.165, 1.54) is 83.5 Å². The van der Waals surface area contributed by atoms with Gasteiger partial charge in [-0.15, -0.1) is 0 Å². The van der Waals surface area contributed by atoms with Crippen LogP contribution in [0.1, 0.15) is 245 Å². The van der Waals surface area contributed by atoms with Crippen molar-refractivity contribution in [2.45, 2.75) is 252 Å². The summed E-state index contributed by atoms with van der Waals surface area (Å²) in [4.78, 5) is 38.0. The van der Waals surface area contributed by atoms with Gasteiger partial charge in [-0.2, -0.15) is 0 Å². The second-order valence-corrected chi connectivity index (χ2v) is 18.8. The minimum absolute atomic E-state index is 0.112. The van der Waals surface area contributed by atoms with E-state index in [4.69, 9.17) is 14.2 Å². The molecule has 0 N–H and O–H groups in total. The van der Waals surface area contributed by atoms with Gasteiger partial charge in [0.2, 0.25) is 0 Å². The number of unbranched alkanes of at least 4 members (excludes halogenated alkanes) is 18. The Kier molecular flexibility index (Phi) is 55.5. The quantitative estimate of drug-likeness (QED) is 0.0261. The van der Waals surface area contributed by atoms with Crippen LogP contribution < -0.4 is 0 Å². The molecule has 72 heavy (non-hydrogen) atoms. The number of hydrogen-bond donors (Lipinski definition) is 0. The molecule has 0 aromatic carbocycles. The van der Waals surface area contributed by atoms with Crippen LogP contribution in [0.5, 0.6) is 0 Å². The zero-order chi connectivity index (χ0) is 52.2. The summed E-state index contributed by atoms with van der Waals surface area (Å²) < 4.78 is 16.7. The van der Waals surface area contributed by atoms with E-state index >= 15 is 0 Å². The maximum Gasteiger partial charge on any atom is 0.306 e. The highest BCUT2D eigenvalue weighted by Crippen LogP contribution is 2.14. The second-order valence-electron chi connectivity index (χ2n) is 18.8. The van der Waals surface area contributed by atoms with Gasteiger partial charge in [0.15, 0.2) is 6.10 Å². The first kappa shape index (κ1) is 67.5. The number of carbonyl (C=O) groups excluding carboxylic acids is 3. The molecule has 0 aliphatic heterocycles. The molecule has 0 bridgehead atoms.